The summed E-state index contributed by atoms with van der Waals surface area (Å²) >= 11 is 0. The van der Waals surface area contributed by atoms with E-state index in [2.05, 4.69) is 25.7 Å². The van der Waals surface area contributed by atoms with Gasteiger partial charge in [0.05, 0.1) is 5.69 Å². The van der Waals surface area contributed by atoms with Gasteiger partial charge in [0.2, 0.25) is 11.7 Å². The first-order chi connectivity index (χ1) is 15.7. The van der Waals surface area contributed by atoms with Crippen LogP contribution in [0.5, 0.6) is 0 Å². The number of hydrogen-bond donors (Lipinski definition) is 0. The van der Waals surface area contributed by atoms with Gasteiger partial charge in [-0.3, -0.25) is 4.79 Å². The van der Waals surface area contributed by atoms with Crippen LogP contribution in [0.4, 0.5) is 0 Å². The van der Waals surface area contributed by atoms with Crippen LogP contribution in [0.3, 0.4) is 0 Å². The molecule has 0 spiro atoms. The molecule has 1 atom stereocenters. The molecule has 4 aromatic rings. The lowest BCUT2D eigenvalue weighted by atomic mass is 9.94. The molecule has 0 bridgehead atoms. The molecular formula is C23H23N7O2. The Balaban J connectivity index is 1.27. The van der Waals surface area contributed by atoms with Crippen molar-refractivity contribution in [2.24, 2.45) is 5.92 Å². The molecule has 162 valence electrons. The number of amides is 1. The van der Waals surface area contributed by atoms with Gasteiger partial charge < -0.3 is 9.42 Å². The molecule has 1 amide bonds. The summed E-state index contributed by atoms with van der Waals surface area (Å²) in [5.74, 6) is 1.51. The van der Waals surface area contributed by atoms with Crippen LogP contribution in [0.25, 0.3) is 17.1 Å². The third-order valence-electron chi connectivity index (χ3n) is 5.83. The molecule has 0 aliphatic carbocycles. The van der Waals surface area contributed by atoms with Crippen molar-refractivity contribution in [3.05, 3.63) is 71.9 Å². The molecule has 0 unspecified atom stereocenters. The highest BCUT2D eigenvalue weighted by Gasteiger charge is 2.26. The number of piperidine rings is 1. The Morgan fingerprint density at radius 3 is 2.94 bits per heavy atom. The minimum absolute atomic E-state index is 0.00996. The Bertz CT molecular complexity index is 1220. The van der Waals surface area contributed by atoms with Gasteiger partial charge in [-0.05, 0) is 59.9 Å². The second-order valence-corrected chi connectivity index (χ2v) is 8.09. The van der Waals surface area contributed by atoms with Gasteiger partial charge in [0.15, 0.2) is 0 Å². The standard InChI is InChI=1S/C23H23N7O2/c1-16-6-2-3-10-20(16)22-25-21(32-26-22)12-17-7-5-11-29(14-17)23(31)18-8-4-9-19(13-18)30-15-24-27-28-30/h2-4,6,8-10,13,15,17H,5,7,11-12,14H2,1H3/t17-/m0/s1. The molecule has 9 nitrogen and oxygen atoms in total. The average molecular weight is 429 g/mol. The average Bonchev–Trinajstić information content (AvgIpc) is 3.52. The Labute approximate surface area is 185 Å². The van der Waals surface area contributed by atoms with Gasteiger partial charge in [0, 0.05) is 30.6 Å². The maximum atomic E-state index is 13.2. The number of aryl methyl sites for hydroxylation is 1. The number of nitrogens with zero attached hydrogens (tertiary/aromatic N) is 7. The number of carbonyl (C=O) groups is 1. The lowest BCUT2D eigenvalue weighted by Gasteiger charge is -2.32. The van der Waals surface area contributed by atoms with E-state index in [4.69, 9.17) is 4.52 Å². The largest absolute Gasteiger partial charge is 0.339 e. The second kappa shape index (κ2) is 8.70. The van der Waals surface area contributed by atoms with Crippen LogP contribution in [0.15, 0.2) is 59.4 Å². The maximum Gasteiger partial charge on any atom is 0.253 e. The van der Waals surface area contributed by atoms with E-state index >= 15 is 0 Å². The molecule has 3 heterocycles. The first kappa shape index (κ1) is 20.0. The highest BCUT2D eigenvalue weighted by Crippen LogP contribution is 2.25. The smallest absolute Gasteiger partial charge is 0.253 e. The quantitative estimate of drug-likeness (QED) is 0.480. The Morgan fingerprint density at radius 2 is 2.09 bits per heavy atom. The van der Waals surface area contributed by atoms with E-state index in [1.165, 1.54) is 11.0 Å². The van der Waals surface area contributed by atoms with E-state index in [0.29, 0.717) is 30.2 Å². The number of aromatic nitrogens is 6. The van der Waals surface area contributed by atoms with Crippen LogP contribution < -0.4 is 0 Å². The number of rotatable bonds is 5. The van der Waals surface area contributed by atoms with Gasteiger partial charge >= 0.3 is 0 Å². The van der Waals surface area contributed by atoms with Crippen LogP contribution in [0.2, 0.25) is 0 Å². The molecule has 9 heteroatoms. The van der Waals surface area contributed by atoms with Crippen molar-refractivity contribution in [1.29, 1.82) is 0 Å². The summed E-state index contributed by atoms with van der Waals surface area (Å²) in [6, 6.07) is 15.3. The molecule has 0 N–H and O–H groups in total. The minimum atomic E-state index is 0.00996. The molecule has 0 saturated carbocycles. The highest BCUT2D eigenvalue weighted by atomic mass is 16.5. The first-order valence-corrected chi connectivity index (χ1v) is 10.7. The summed E-state index contributed by atoms with van der Waals surface area (Å²) in [6.07, 6.45) is 4.14. The van der Waals surface area contributed by atoms with E-state index in [0.717, 1.165) is 36.2 Å². The topological polar surface area (TPSA) is 103 Å². The van der Waals surface area contributed by atoms with Crippen molar-refractivity contribution in [2.75, 3.05) is 13.1 Å². The van der Waals surface area contributed by atoms with Crippen LogP contribution in [-0.4, -0.2) is 54.2 Å². The maximum absolute atomic E-state index is 13.2. The molecule has 0 radical (unpaired) electrons. The molecule has 1 aliphatic rings. The van der Waals surface area contributed by atoms with Crippen molar-refractivity contribution >= 4 is 5.91 Å². The predicted molar refractivity (Wildman–Crippen MR) is 116 cm³/mol. The second-order valence-electron chi connectivity index (χ2n) is 8.09. The summed E-state index contributed by atoms with van der Waals surface area (Å²) in [7, 11) is 0. The van der Waals surface area contributed by atoms with E-state index in [-0.39, 0.29) is 11.8 Å². The van der Waals surface area contributed by atoms with Gasteiger partial charge in [-0.2, -0.15) is 4.98 Å². The first-order valence-electron chi connectivity index (χ1n) is 10.7. The third-order valence-corrected chi connectivity index (χ3v) is 5.83. The van der Waals surface area contributed by atoms with Crippen LogP contribution in [0, 0.1) is 12.8 Å². The molecule has 1 fully saturated rings. The Hall–Kier alpha value is -3.88. The normalized spacial score (nSPS) is 16.3. The summed E-state index contributed by atoms with van der Waals surface area (Å²) in [5, 5.41) is 15.4. The Morgan fingerprint density at radius 1 is 1.19 bits per heavy atom. The third kappa shape index (κ3) is 4.14. The van der Waals surface area contributed by atoms with Crippen molar-refractivity contribution in [2.45, 2.75) is 26.2 Å². The van der Waals surface area contributed by atoms with Crippen molar-refractivity contribution in [3.8, 4) is 17.1 Å². The van der Waals surface area contributed by atoms with Crippen molar-refractivity contribution in [3.63, 3.8) is 0 Å². The molecule has 1 saturated heterocycles. The van der Waals surface area contributed by atoms with Crippen molar-refractivity contribution in [1.82, 2.24) is 35.2 Å². The molecule has 2 aromatic carbocycles. The molecule has 1 aliphatic heterocycles. The minimum Gasteiger partial charge on any atom is -0.339 e. The number of likely N-dealkylation sites (tertiary alicyclic amines) is 1. The van der Waals surface area contributed by atoms with Crippen LogP contribution in [0.1, 0.15) is 34.7 Å². The fraction of sp³-hybridized carbons (Fsp3) is 0.304. The molecule has 5 rings (SSSR count). The fourth-order valence-corrected chi connectivity index (χ4v) is 4.18. The SMILES string of the molecule is Cc1ccccc1-c1noc(C[C@@H]2CCCN(C(=O)c3cccc(-n4cnnn4)c3)C2)n1. The van der Waals surface area contributed by atoms with E-state index in [1.807, 2.05) is 60.4 Å². The van der Waals surface area contributed by atoms with E-state index in [1.54, 1.807) is 0 Å². The summed E-state index contributed by atoms with van der Waals surface area (Å²) in [5.41, 5.74) is 3.46. The predicted octanol–water partition coefficient (Wildman–Crippen LogP) is 3.12. The highest BCUT2D eigenvalue weighted by molar-refractivity contribution is 5.94. The zero-order valence-corrected chi connectivity index (χ0v) is 17.8. The Kier molecular flexibility index (Phi) is 5.45. The van der Waals surface area contributed by atoms with Gasteiger partial charge in [0.25, 0.3) is 5.91 Å². The zero-order valence-electron chi connectivity index (χ0n) is 17.8. The molecule has 32 heavy (non-hydrogen) atoms. The van der Waals surface area contributed by atoms with E-state index < -0.39 is 0 Å². The monoisotopic (exact) mass is 429 g/mol. The van der Waals surface area contributed by atoms with E-state index in [9.17, 15) is 4.79 Å². The van der Waals surface area contributed by atoms with Crippen molar-refractivity contribution < 1.29 is 9.32 Å². The summed E-state index contributed by atoms with van der Waals surface area (Å²) in [6.45, 7) is 3.43. The van der Waals surface area contributed by atoms with Crippen LogP contribution in [-0.2, 0) is 6.42 Å². The lowest BCUT2D eigenvalue weighted by molar-refractivity contribution is 0.0668. The van der Waals surface area contributed by atoms with Gasteiger partial charge in [-0.15, -0.1) is 5.10 Å². The van der Waals surface area contributed by atoms with Gasteiger partial charge in [-0.25, -0.2) is 4.68 Å². The van der Waals surface area contributed by atoms with Crippen LogP contribution >= 0.6 is 0 Å². The molecule has 2 aromatic heterocycles. The number of tetrazole rings is 1. The summed E-state index contributed by atoms with van der Waals surface area (Å²) in [4.78, 5) is 19.7. The number of hydrogen-bond acceptors (Lipinski definition) is 7. The van der Waals surface area contributed by atoms with Gasteiger partial charge in [-0.1, -0.05) is 35.5 Å². The molecular weight excluding hydrogens is 406 g/mol. The number of benzene rings is 2. The fourth-order valence-electron chi connectivity index (χ4n) is 4.18. The van der Waals surface area contributed by atoms with Gasteiger partial charge in [0.1, 0.15) is 6.33 Å². The number of carbonyl (C=O) groups excluding carboxylic acids is 1. The lowest BCUT2D eigenvalue weighted by Crippen LogP contribution is -2.40. The zero-order chi connectivity index (χ0) is 21.9. The summed E-state index contributed by atoms with van der Waals surface area (Å²) < 4.78 is 7.07.